The number of thiophene rings is 1. The van der Waals surface area contributed by atoms with Crippen LogP contribution in [0.25, 0.3) is 21.3 Å². The highest BCUT2D eigenvalue weighted by Crippen LogP contribution is 2.36. The number of rotatable bonds is 9. The Bertz CT molecular complexity index is 1500. The number of anilines is 1. The van der Waals surface area contributed by atoms with E-state index in [-0.39, 0.29) is 0 Å². The summed E-state index contributed by atoms with van der Waals surface area (Å²) in [6.45, 7) is 0.341. The lowest BCUT2D eigenvalue weighted by molar-refractivity contribution is 0.294. The van der Waals surface area contributed by atoms with Crippen LogP contribution in [-0.2, 0) is 6.61 Å². The summed E-state index contributed by atoms with van der Waals surface area (Å²) in [5, 5.41) is 7.51. The highest BCUT2D eigenvalue weighted by molar-refractivity contribution is 7.17. The van der Waals surface area contributed by atoms with Crippen LogP contribution in [0.1, 0.15) is 11.1 Å². The number of nitrogens with zero attached hydrogens (tertiary/aromatic N) is 3. The number of hydrogen-bond donors (Lipinski definition) is 1. The molecule has 0 aliphatic carbocycles. The maximum atomic E-state index is 5.96. The van der Waals surface area contributed by atoms with Gasteiger partial charge in [-0.1, -0.05) is 36.4 Å². The molecule has 180 valence electrons. The molecule has 0 amide bonds. The van der Waals surface area contributed by atoms with E-state index in [1.807, 2.05) is 60.7 Å². The number of benzene rings is 3. The molecule has 0 saturated heterocycles. The van der Waals surface area contributed by atoms with Crippen molar-refractivity contribution in [2.45, 2.75) is 6.61 Å². The second kappa shape index (κ2) is 10.9. The maximum absolute atomic E-state index is 5.96. The minimum Gasteiger partial charge on any atom is -0.497 e. The average molecular weight is 497 g/mol. The number of fused-ring (bicyclic) bond motifs is 1. The summed E-state index contributed by atoms with van der Waals surface area (Å²) in [4.78, 5) is 9.77. The van der Waals surface area contributed by atoms with Crippen LogP contribution in [0.2, 0.25) is 0 Å². The summed E-state index contributed by atoms with van der Waals surface area (Å²) >= 11 is 1.59. The highest BCUT2D eigenvalue weighted by atomic mass is 32.1. The third kappa shape index (κ3) is 5.13. The second-order valence-corrected chi connectivity index (χ2v) is 8.68. The average Bonchev–Trinajstić information content (AvgIpc) is 3.38. The smallest absolute Gasteiger partial charge is 0.159 e. The van der Waals surface area contributed by atoms with Crippen LogP contribution in [0, 0.1) is 0 Å². The Morgan fingerprint density at radius 1 is 0.917 bits per heavy atom. The van der Waals surface area contributed by atoms with Crippen LogP contribution in [0.5, 0.6) is 17.2 Å². The first kappa shape index (κ1) is 23.3. The van der Waals surface area contributed by atoms with Crippen molar-refractivity contribution >= 4 is 33.6 Å². The van der Waals surface area contributed by atoms with E-state index in [0.717, 1.165) is 49.7 Å². The first-order valence-electron chi connectivity index (χ1n) is 11.3. The zero-order valence-corrected chi connectivity index (χ0v) is 20.7. The summed E-state index contributed by atoms with van der Waals surface area (Å²) in [6.07, 6.45) is 3.30. The fraction of sp³-hybridized carbons (Fsp3) is 0.107. The molecular formula is C28H24N4O3S. The molecule has 5 rings (SSSR count). The Kier molecular flexibility index (Phi) is 7.05. The van der Waals surface area contributed by atoms with E-state index in [4.69, 9.17) is 14.2 Å². The van der Waals surface area contributed by atoms with Gasteiger partial charge in [-0.15, -0.1) is 11.3 Å². The predicted octanol–water partition coefficient (Wildman–Crippen LogP) is 6.40. The van der Waals surface area contributed by atoms with E-state index >= 15 is 0 Å². The molecule has 0 bridgehead atoms. The van der Waals surface area contributed by atoms with Crippen molar-refractivity contribution in [1.29, 1.82) is 0 Å². The molecule has 1 N–H and O–H groups in total. The van der Waals surface area contributed by atoms with E-state index < -0.39 is 0 Å². The van der Waals surface area contributed by atoms with Crippen LogP contribution in [0.15, 0.2) is 89.6 Å². The molecule has 0 aliphatic heterocycles. The van der Waals surface area contributed by atoms with Gasteiger partial charge < -0.3 is 14.2 Å². The Balaban J connectivity index is 1.35. The zero-order valence-electron chi connectivity index (χ0n) is 19.8. The number of nitrogens with one attached hydrogen (secondary N) is 1. The topological polar surface area (TPSA) is 77.9 Å². The minimum absolute atomic E-state index is 0.341. The molecule has 0 radical (unpaired) electrons. The molecule has 5 aromatic rings. The molecule has 0 atom stereocenters. The summed E-state index contributed by atoms with van der Waals surface area (Å²) < 4.78 is 16.8. The lowest BCUT2D eigenvalue weighted by atomic mass is 10.1. The Labute approximate surface area is 213 Å². The fourth-order valence-corrected chi connectivity index (χ4v) is 4.72. The van der Waals surface area contributed by atoms with E-state index in [9.17, 15) is 0 Å². The standard InChI is InChI=1S/C28H24N4O3S/c1-33-22-9-6-10-23(14-22)35-16-21-13-19(11-12-25(21)34-2)15-31-32-27-26-24(20-7-4-3-5-8-20)17-36-28(26)30-18-29-27/h3-15,17-18H,16H2,1-2H3,(H,29,30,32). The Morgan fingerprint density at radius 3 is 2.61 bits per heavy atom. The van der Waals surface area contributed by atoms with Crippen LogP contribution in [-0.4, -0.2) is 30.4 Å². The van der Waals surface area contributed by atoms with Crippen molar-refractivity contribution in [3.05, 3.63) is 95.6 Å². The summed E-state index contributed by atoms with van der Waals surface area (Å²) in [5.74, 6) is 2.86. The largest absolute Gasteiger partial charge is 0.497 e. The normalized spacial score (nSPS) is 11.1. The second-order valence-electron chi connectivity index (χ2n) is 7.83. The van der Waals surface area contributed by atoms with Gasteiger partial charge in [0.15, 0.2) is 5.82 Å². The molecular weight excluding hydrogens is 472 g/mol. The lowest BCUT2D eigenvalue weighted by Crippen LogP contribution is -2.01. The molecule has 0 saturated carbocycles. The van der Waals surface area contributed by atoms with Crippen LogP contribution < -0.4 is 19.6 Å². The van der Waals surface area contributed by atoms with Gasteiger partial charge in [0, 0.05) is 22.6 Å². The summed E-state index contributed by atoms with van der Waals surface area (Å²) in [5.41, 5.74) is 7.09. The van der Waals surface area contributed by atoms with Gasteiger partial charge in [-0.2, -0.15) is 5.10 Å². The van der Waals surface area contributed by atoms with Gasteiger partial charge in [0.05, 0.1) is 25.8 Å². The van der Waals surface area contributed by atoms with Crippen molar-refractivity contribution < 1.29 is 14.2 Å². The molecule has 7 nitrogen and oxygen atoms in total. The third-order valence-corrected chi connectivity index (χ3v) is 6.47. The van der Waals surface area contributed by atoms with Gasteiger partial charge in [-0.3, -0.25) is 5.43 Å². The van der Waals surface area contributed by atoms with E-state index in [1.165, 1.54) is 0 Å². The first-order valence-corrected chi connectivity index (χ1v) is 12.1. The first-order chi connectivity index (χ1) is 17.7. The van der Waals surface area contributed by atoms with Gasteiger partial charge in [0.1, 0.15) is 35.0 Å². The van der Waals surface area contributed by atoms with Crippen LogP contribution in [0.3, 0.4) is 0 Å². The van der Waals surface area contributed by atoms with Crippen LogP contribution >= 0.6 is 11.3 Å². The quantitative estimate of drug-likeness (QED) is 0.188. The van der Waals surface area contributed by atoms with Gasteiger partial charge in [-0.05, 0) is 41.5 Å². The van der Waals surface area contributed by atoms with E-state index in [2.05, 4.69) is 38.0 Å². The van der Waals surface area contributed by atoms with Crippen molar-refractivity contribution in [2.75, 3.05) is 19.6 Å². The molecule has 0 unspecified atom stereocenters. The summed E-state index contributed by atoms with van der Waals surface area (Å²) in [7, 11) is 3.28. The van der Waals surface area contributed by atoms with Crippen LogP contribution in [0.4, 0.5) is 5.82 Å². The zero-order chi connectivity index (χ0) is 24.7. The number of ether oxygens (including phenoxy) is 3. The number of methoxy groups -OCH3 is 2. The number of hydrogen-bond acceptors (Lipinski definition) is 8. The molecule has 0 spiro atoms. The third-order valence-electron chi connectivity index (χ3n) is 5.58. The maximum Gasteiger partial charge on any atom is 0.159 e. The number of hydrazone groups is 1. The Morgan fingerprint density at radius 2 is 1.78 bits per heavy atom. The molecule has 3 aromatic carbocycles. The lowest BCUT2D eigenvalue weighted by Gasteiger charge is -2.12. The fourth-order valence-electron chi connectivity index (χ4n) is 3.80. The molecule has 8 heteroatoms. The molecule has 2 aromatic heterocycles. The van der Waals surface area contributed by atoms with Crippen molar-refractivity contribution in [3.63, 3.8) is 0 Å². The van der Waals surface area contributed by atoms with Gasteiger partial charge in [-0.25, -0.2) is 9.97 Å². The van der Waals surface area contributed by atoms with Gasteiger partial charge >= 0.3 is 0 Å². The highest BCUT2D eigenvalue weighted by Gasteiger charge is 2.12. The summed E-state index contributed by atoms with van der Waals surface area (Å²) in [6, 6.07) is 23.5. The SMILES string of the molecule is COc1cccc(OCc2cc(C=NNc3ncnc4scc(-c5ccccc5)c34)ccc2OC)c1. The van der Waals surface area contributed by atoms with Crippen molar-refractivity contribution in [3.8, 4) is 28.4 Å². The predicted molar refractivity (Wildman–Crippen MR) is 144 cm³/mol. The molecule has 2 heterocycles. The molecule has 36 heavy (non-hydrogen) atoms. The monoisotopic (exact) mass is 496 g/mol. The van der Waals surface area contributed by atoms with Crippen molar-refractivity contribution in [1.82, 2.24) is 9.97 Å². The van der Waals surface area contributed by atoms with Crippen molar-refractivity contribution in [2.24, 2.45) is 5.10 Å². The van der Waals surface area contributed by atoms with Gasteiger partial charge in [0.25, 0.3) is 0 Å². The van der Waals surface area contributed by atoms with E-state index in [0.29, 0.717) is 12.4 Å². The molecule has 0 aliphatic rings. The number of aromatic nitrogens is 2. The van der Waals surface area contributed by atoms with E-state index in [1.54, 1.807) is 38.1 Å². The molecule has 0 fully saturated rings. The minimum atomic E-state index is 0.341. The van der Waals surface area contributed by atoms with Gasteiger partial charge in [0.2, 0.25) is 0 Å². The Hall–Kier alpha value is -4.43.